The van der Waals surface area contributed by atoms with E-state index < -0.39 is 12.0 Å². The maximum atomic E-state index is 12.9. The number of halogens is 2. The van der Waals surface area contributed by atoms with Crippen LogP contribution < -0.4 is 10.6 Å². The minimum absolute atomic E-state index is 0.310. The fourth-order valence-corrected chi connectivity index (χ4v) is 4.11. The molecule has 2 heterocycles. The number of nitrogen functional groups attached to an aromatic ring is 1. The predicted molar refractivity (Wildman–Crippen MR) is 113 cm³/mol. The van der Waals surface area contributed by atoms with Gasteiger partial charge in [-0.05, 0) is 49.2 Å². The smallest absolute Gasteiger partial charge is 0.326 e. The average Bonchev–Trinajstić information content (AvgIpc) is 2.89. The fourth-order valence-electron chi connectivity index (χ4n) is 3.24. The van der Waals surface area contributed by atoms with Crippen molar-refractivity contribution in [1.82, 2.24) is 4.98 Å². The molecule has 1 atom stereocenters. The summed E-state index contributed by atoms with van der Waals surface area (Å²) in [5.41, 5.74) is 6.72. The van der Waals surface area contributed by atoms with Gasteiger partial charge in [-0.1, -0.05) is 41.8 Å². The van der Waals surface area contributed by atoms with E-state index in [0.717, 1.165) is 42.6 Å². The second-order valence-electron chi connectivity index (χ2n) is 6.51. The zero-order valence-corrected chi connectivity index (χ0v) is 16.7. The number of hydrogen-bond acceptors (Lipinski definition) is 5. The van der Waals surface area contributed by atoms with E-state index in [1.807, 2.05) is 17.0 Å². The highest BCUT2D eigenvalue weighted by Gasteiger charge is 2.27. The Kier molecular flexibility index (Phi) is 6.70. The Bertz CT molecular complexity index is 948. The van der Waals surface area contributed by atoms with Crippen molar-refractivity contribution in [1.29, 1.82) is 0 Å². The Morgan fingerprint density at radius 2 is 1.96 bits per heavy atom. The number of carboxylic acids is 1. The van der Waals surface area contributed by atoms with Crippen LogP contribution in [-0.4, -0.2) is 28.6 Å². The van der Waals surface area contributed by atoms with Crippen LogP contribution in [0.25, 0.3) is 10.2 Å². The molecular weight excluding hydrogens is 401 g/mol. The fraction of sp³-hybridized carbons (Fsp3) is 0.300. The number of hydrogen-bond donors (Lipinski definition) is 2. The topological polar surface area (TPSA) is 79.4 Å². The minimum atomic E-state index is -0.734. The number of nitrogens with zero attached hydrogens (tertiary/aromatic N) is 2. The molecule has 3 N–H and O–H groups in total. The first-order valence-corrected chi connectivity index (χ1v) is 10.2. The van der Waals surface area contributed by atoms with Gasteiger partial charge in [0.1, 0.15) is 17.4 Å². The molecule has 1 aromatic heterocycles. The molecule has 0 unspecified atom stereocenters. The summed E-state index contributed by atoms with van der Waals surface area (Å²) in [6.07, 6.45) is 3.86. The van der Waals surface area contributed by atoms with Crippen LogP contribution in [0.3, 0.4) is 0 Å². The SMILES string of the molecule is Nc1nc2c(F)cccc2s1.O=C(O)[C@@H]1CCCCCN1c1ccc(Cl)cc1. The van der Waals surface area contributed by atoms with Gasteiger partial charge in [0.2, 0.25) is 0 Å². The number of thiazole rings is 1. The molecule has 0 aliphatic carbocycles. The van der Waals surface area contributed by atoms with Gasteiger partial charge in [0.15, 0.2) is 5.13 Å². The standard InChI is InChI=1S/C13H16ClNO2.C7H5FN2S/c14-10-5-7-11(8-6-10)15-9-3-1-2-4-12(15)13(16)17;8-4-2-1-3-5-6(4)10-7(9)11-5/h5-8,12H,1-4,9H2,(H,16,17);1-3H,(H2,9,10)/t12-;/m0./s1. The Morgan fingerprint density at radius 3 is 2.64 bits per heavy atom. The lowest BCUT2D eigenvalue weighted by atomic mass is 10.1. The highest BCUT2D eigenvalue weighted by Crippen LogP contribution is 2.26. The van der Waals surface area contributed by atoms with E-state index in [9.17, 15) is 14.3 Å². The summed E-state index contributed by atoms with van der Waals surface area (Å²) in [4.78, 5) is 17.1. The van der Waals surface area contributed by atoms with Crippen molar-refractivity contribution >= 4 is 49.9 Å². The van der Waals surface area contributed by atoms with Gasteiger partial charge in [0.25, 0.3) is 0 Å². The second-order valence-corrected chi connectivity index (χ2v) is 8.01. The molecule has 8 heteroatoms. The summed E-state index contributed by atoms with van der Waals surface area (Å²) in [5.74, 6) is -1.04. The van der Waals surface area contributed by atoms with Gasteiger partial charge < -0.3 is 15.7 Å². The molecule has 5 nitrogen and oxygen atoms in total. The largest absolute Gasteiger partial charge is 0.480 e. The zero-order chi connectivity index (χ0) is 20.1. The first-order valence-electron chi connectivity index (χ1n) is 9.01. The molecule has 28 heavy (non-hydrogen) atoms. The maximum Gasteiger partial charge on any atom is 0.326 e. The zero-order valence-electron chi connectivity index (χ0n) is 15.1. The molecule has 1 aliphatic heterocycles. The molecule has 0 saturated carbocycles. The molecule has 0 radical (unpaired) electrons. The van der Waals surface area contributed by atoms with Crippen LogP contribution in [0.15, 0.2) is 42.5 Å². The van der Waals surface area contributed by atoms with E-state index in [2.05, 4.69) is 4.98 Å². The van der Waals surface area contributed by atoms with Crippen molar-refractivity contribution in [2.45, 2.75) is 31.7 Å². The number of anilines is 2. The molecule has 2 aromatic carbocycles. The summed E-state index contributed by atoms with van der Waals surface area (Å²) in [6.45, 7) is 0.804. The molecule has 0 bridgehead atoms. The number of benzene rings is 2. The monoisotopic (exact) mass is 421 g/mol. The number of nitrogens with two attached hydrogens (primary N) is 1. The molecule has 0 amide bonds. The van der Waals surface area contributed by atoms with E-state index in [-0.39, 0.29) is 5.82 Å². The Balaban J connectivity index is 0.000000176. The van der Waals surface area contributed by atoms with Crippen molar-refractivity contribution in [3.05, 3.63) is 53.3 Å². The van der Waals surface area contributed by atoms with Gasteiger partial charge in [0.05, 0.1) is 4.70 Å². The number of fused-ring (bicyclic) bond motifs is 1. The van der Waals surface area contributed by atoms with Crippen LogP contribution in [-0.2, 0) is 4.79 Å². The first-order chi connectivity index (χ1) is 13.5. The Hall–Kier alpha value is -2.38. The summed E-state index contributed by atoms with van der Waals surface area (Å²) < 4.78 is 13.7. The van der Waals surface area contributed by atoms with E-state index in [1.165, 1.54) is 17.4 Å². The number of aliphatic carboxylic acids is 1. The van der Waals surface area contributed by atoms with Crippen molar-refractivity contribution in [2.75, 3.05) is 17.2 Å². The number of carbonyl (C=O) groups is 1. The highest BCUT2D eigenvalue weighted by molar-refractivity contribution is 7.22. The van der Waals surface area contributed by atoms with Gasteiger partial charge in [-0.2, -0.15) is 0 Å². The molecule has 1 aliphatic rings. The van der Waals surface area contributed by atoms with E-state index in [4.69, 9.17) is 17.3 Å². The number of rotatable bonds is 2. The third kappa shape index (κ3) is 4.91. The van der Waals surface area contributed by atoms with Crippen LogP contribution in [0.4, 0.5) is 15.2 Å². The Labute approximate surface area is 171 Å². The van der Waals surface area contributed by atoms with Gasteiger partial charge >= 0.3 is 5.97 Å². The van der Waals surface area contributed by atoms with Crippen LogP contribution >= 0.6 is 22.9 Å². The molecule has 0 spiro atoms. The van der Waals surface area contributed by atoms with Gasteiger partial charge in [-0.15, -0.1) is 0 Å². The summed E-state index contributed by atoms with van der Waals surface area (Å²) in [5, 5.41) is 10.4. The number of para-hydroxylation sites is 1. The molecular formula is C20H21ClFN3O2S. The minimum Gasteiger partial charge on any atom is -0.480 e. The highest BCUT2D eigenvalue weighted by atomic mass is 35.5. The number of carboxylic acid groups (broad SMARTS) is 1. The second kappa shape index (κ2) is 9.21. The van der Waals surface area contributed by atoms with Crippen molar-refractivity contribution < 1.29 is 14.3 Å². The number of aromatic nitrogens is 1. The third-order valence-electron chi connectivity index (χ3n) is 4.58. The van der Waals surface area contributed by atoms with Crippen LogP contribution in [0, 0.1) is 5.82 Å². The lowest BCUT2D eigenvalue weighted by Crippen LogP contribution is -2.40. The summed E-state index contributed by atoms with van der Waals surface area (Å²) in [7, 11) is 0. The maximum absolute atomic E-state index is 12.9. The molecule has 3 aromatic rings. The van der Waals surface area contributed by atoms with E-state index in [1.54, 1.807) is 24.3 Å². The van der Waals surface area contributed by atoms with Gasteiger partial charge in [0, 0.05) is 17.3 Å². The van der Waals surface area contributed by atoms with Gasteiger partial charge in [-0.25, -0.2) is 14.2 Å². The third-order valence-corrected chi connectivity index (χ3v) is 5.68. The lowest BCUT2D eigenvalue weighted by Gasteiger charge is -2.29. The lowest BCUT2D eigenvalue weighted by molar-refractivity contribution is -0.138. The average molecular weight is 422 g/mol. The Morgan fingerprint density at radius 1 is 1.21 bits per heavy atom. The van der Waals surface area contributed by atoms with E-state index in [0.29, 0.717) is 15.7 Å². The molecule has 1 fully saturated rings. The molecule has 4 rings (SSSR count). The molecule has 1 saturated heterocycles. The first kappa shape index (κ1) is 20.4. The van der Waals surface area contributed by atoms with Crippen LogP contribution in [0.1, 0.15) is 25.7 Å². The van der Waals surface area contributed by atoms with Gasteiger partial charge in [-0.3, -0.25) is 0 Å². The van der Waals surface area contributed by atoms with E-state index >= 15 is 0 Å². The van der Waals surface area contributed by atoms with Crippen molar-refractivity contribution in [3.8, 4) is 0 Å². The summed E-state index contributed by atoms with van der Waals surface area (Å²) in [6, 6.07) is 11.8. The summed E-state index contributed by atoms with van der Waals surface area (Å²) >= 11 is 7.14. The predicted octanol–water partition coefficient (Wildman–Crippen LogP) is 5.19. The van der Waals surface area contributed by atoms with Crippen molar-refractivity contribution in [3.63, 3.8) is 0 Å². The van der Waals surface area contributed by atoms with Crippen molar-refractivity contribution in [2.24, 2.45) is 0 Å². The molecule has 148 valence electrons. The normalized spacial score (nSPS) is 16.9. The quantitative estimate of drug-likeness (QED) is 0.595. The van der Waals surface area contributed by atoms with Crippen LogP contribution in [0.2, 0.25) is 5.02 Å². The van der Waals surface area contributed by atoms with Crippen LogP contribution in [0.5, 0.6) is 0 Å².